The van der Waals surface area contributed by atoms with Gasteiger partial charge in [0.2, 0.25) is 0 Å². The number of hydrogen-bond donors (Lipinski definition) is 3. The van der Waals surface area contributed by atoms with Crippen LogP contribution in [0.3, 0.4) is 0 Å². The molecule has 4 amide bonds. The van der Waals surface area contributed by atoms with Gasteiger partial charge in [0.1, 0.15) is 11.2 Å². The first kappa shape index (κ1) is 22.1. The van der Waals surface area contributed by atoms with E-state index in [1.165, 1.54) is 0 Å². The van der Waals surface area contributed by atoms with E-state index in [2.05, 4.69) is 16.0 Å². The third-order valence-corrected chi connectivity index (χ3v) is 5.98. The molecular formula is C27H23N5O3. The summed E-state index contributed by atoms with van der Waals surface area (Å²) in [5, 5.41) is 12.5. The van der Waals surface area contributed by atoms with Gasteiger partial charge in [-0.1, -0.05) is 72.8 Å². The molecule has 0 aliphatic carbocycles. The highest BCUT2D eigenvalue weighted by atomic mass is 16.2. The molecule has 174 valence electrons. The summed E-state index contributed by atoms with van der Waals surface area (Å²) in [6.07, 6.45) is 1.74. The van der Waals surface area contributed by atoms with Crippen LogP contribution in [-0.2, 0) is 16.9 Å². The molecule has 0 bridgehead atoms. The summed E-state index contributed by atoms with van der Waals surface area (Å²) >= 11 is 0. The normalized spacial score (nSPS) is 17.1. The summed E-state index contributed by atoms with van der Waals surface area (Å²) in [7, 11) is 0. The summed E-state index contributed by atoms with van der Waals surface area (Å²) in [6.45, 7) is 2.14. The molecule has 5 rings (SSSR count). The molecule has 0 radical (unpaired) electrons. The topological polar surface area (TPSA) is 105 Å². The smallest absolute Gasteiger partial charge is 0.322 e. The van der Waals surface area contributed by atoms with Gasteiger partial charge in [-0.15, -0.1) is 0 Å². The Kier molecular flexibility index (Phi) is 5.62. The van der Waals surface area contributed by atoms with E-state index < -0.39 is 17.5 Å². The third kappa shape index (κ3) is 4.41. The van der Waals surface area contributed by atoms with E-state index in [1.54, 1.807) is 42.1 Å². The first-order valence-electron chi connectivity index (χ1n) is 11.1. The van der Waals surface area contributed by atoms with Gasteiger partial charge in [0.15, 0.2) is 0 Å². The minimum Gasteiger partial charge on any atom is -0.322 e. The SMILES string of the molecule is CC1(c2cccc(NC(=O)c3cn(Cc4ccccc4)nc3-c3ccccc3)c2)NC(=O)NC1=O. The van der Waals surface area contributed by atoms with Crippen LogP contribution in [-0.4, -0.2) is 27.6 Å². The van der Waals surface area contributed by atoms with Crippen molar-refractivity contribution in [3.63, 3.8) is 0 Å². The van der Waals surface area contributed by atoms with Crippen LogP contribution in [0.5, 0.6) is 0 Å². The number of rotatable bonds is 6. The number of nitrogens with zero attached hydrogens (tertiary/aromatic N) is 2. The Labute approximate surface area is 202 Å². The van der Waals surface area contributed by atoms with Crippen LogP contribution in [0.25, 0.3) is 11.3 Å². The highest BCUT2D eigenvalue weighted by Gasteiger charge is 2.43. The van der Waals surface area contributed by atoms with E-state index in [-0.39, 0.29) is 5.91 Å². The van der Waals surface area contributed by atoms with E-state index in [4.69, 9.17) is 5.10 Å². The van der Waals surface area contributed by atoms with E-state index in [0.29, 0.717) is 29.1 Å². The van der Waals surface area contributed by atoms with E-state index >= 15 is 0 Å². The second kappa shape index (κ2) is 8.90. The average molecular weight is 466 g/mol. The van der Waals surface area contributed by atoms with Crippen molar-refractivity contribution < 1.29 is 14.4 Å². The van der Waals surface area contributed by atoms with Crippen LogP contribution >= 0.6 is 0 Å². The van der Waals surface area contributed by atoms with Crippen LogP contribution in [0.1, 0.15) is 28.4 Å². The number of amides is 4. The van der Waals surface area contributed by atoms with Gasteiger partial charge in [-0.3, -0.25) is 19.6 Å². The van der Waals surface area contributed by atoms with Crippen LogP contribution in [0, 0.1) is 0 Å². The zero-order chi connectivity index (χ0) is 24.4. The van der Waals surface area contributed by atoms with Gasteiger partial charge < -0.3 is 10.6 Å². The standard InChI is InChI=1S/C27H23N5O3/c1-27(25(34)29-26(35)30-27)20-13-8-14-21(15-20)28-24(33)22-17-32(16-18-9-4-2-5-10-18)31-23(22)19-11-6-3-7-12-19/h2-15,17H,16H2,1H3,(H,28,33)(H2,29,30,34,35). The molecule has 0 spiro atoms. The number of aromatic nitrogens is 2. The molecule has 1 atom stereocenters. The molecule has 3 N–H and O–H groups in total. The van der Waals surface area contributed by atoms with Crippen LogP contribution in [0.2, 0.25) is 0 Å². The number of carbonyl (C=O) groups excluding carboxylic acids is 3. The largest absolute Gasteiger partial charge is 0.322 e. The predicted molar refractivity (Wildman–Crippen MR) is 132 cm³/mol. The lowest BCUT2D eigenvalue weighted by Gasteiger charge is -2.21. The van der Waals surface area contributed by atoms with Gasteiger partial charge in [-0.05, 0) is 30.2 Å². The Morgan fingerprint density at radius 3 is 2.37 bits per heavy atom. The monoisotopic (exact) mass is 465 g/mol. The van der Waals surface area contributed by atoms with Crippen LogP contribution in [0.15, 0.2) is 91.1 Å². The summed E-state index contributed by atoms with van der Waals surface area (Å²) < 4.78 is 1.75. The molecule has 8 nitrogen and oxygen atoms in total. The van der Waals surface area contributed by atoms with Crippen molar-refractivity contribution in [3.05, 3.63) is 108 Å². The number of hydrogen-bond acceptors (Lipinski definition) is 4. The Morgan fingerprint density at radius 2 is 1.69 bits per heavy atom. The first-order chi connectivity index (χ1) is 16.9. The number of carbonyl (C=O) groups is 3. The molecule has 1 saturated heterocycles. The quantitative estimate of drug-likeness (QED) is 0.376. The number of imide groups is 1. The minimum atomic E-state index is -1.21. The third-order valence-electron chi connectivity index (χ3n) is 5.98. The summed E-state index contributed by atoms with van der Waals surface area (Å²) in [4.78, 5) is 37.4. The highest BCUT2D eigenvalue weighted by molar-refractivity contribution is 6.09. The van der Waals surface area contributed by atoms with Crippen molar-refractivity contribution in [2.24, 2.45) is 0 Å². The van der Waals surface area contributed by atoms with Crippen LogP contribution < -0.4 is 16.0 Å². The molecule has 1 aliphatic heterocycles. The van der Waals surface area contributed by atoms with Gasteiger partial charge in [-0.2, -0.15) is 5.10 Å². The molecule has 1 aliphatic rings. The maximum absolute atomic E-state index is 13.4. The summed E-state index contributed by atoms with van der Waals surface area (Å²) in [5.41, 5.74) is 2.74. The summed E-state index contributed by atoms with van der Waals surface area (Å²) in [6, 6.07) is 25.8. The fourth-order valence-corrected chi connectivity index (χ4v) is 4.10. The second-order valence-corrected chi connectivity index (χ2v) is 8.51. The van der Waals surface area contributed by atoms with Crippen molar-refractivity contribution in [1.29, 1.82) is 0 Å². The number of benzene rings is 3. The van der Waals surface area contributed by atoms with Gasteiger partial charge in [0, 0.05) is 17.4 Å². The first-order valence-corrected chi connectivity index (χ1v) is 11.1. The molecule has 3 aromatic carbocycles. The molecule has 1 fully saturated rings. The molecule has 1 unspecified atom stereocenters. The Bertz CT molecular complexity index is 1420. The van der Waals surface area contributed by atoms with Gasteiger partial charge >= 0.3 is 6.03 Å². The fraction of sp³-hybridized carbons (Fsp3) is 0.111. The van der Waals surface area contributed by atoms with E-state index in [1.807, 2.05) is 60.7 Å². The fourth-order valence-electron chi connectivity index (χ4n) is 4.10. The maximum atomic E-state index is 13.4. The Balaban J connectivity index is 1.45. The van der Waals surface area contributed by atoms with Crippen molar-refractivity contribution in [2.75, 3.05) is 5.32 Å². The van der Waals surface area contributed by atoms with E-state index in [9.17, 15) is 14.4 Å². The lowest BCUT2D eigenvalue weighted by Crippen LogP contribution is -2.40. The minimum absolute atomic E-state index is 0.328. The second-order valence-electron chi connectivity index (χ2n) is 8.51. The zero-order valence-corrected chi connectivity index (χ0v) is 19.0. The summed E-state index contributed by atoms with van der Waals surface area (Å²) in [5.74, 6) is -0.773. The molecule has 4 aromatic rings. The highest BCUT2D eigenvalue weighted by Crippen LogP contribution is 2.28. The van der Waals surface area contributed by atoms with Crippen molar-refractivity contribution >= 4 is 23.5 Å². The maximum Gasteiger partial charge on any atom is 0.322 e. The van der Waals surface area contributed by atoms with E-state index in [0.717, 1.165) is 11.1 Å². The van der Waals surface area contributed by atoms with Gasteiger partial charge in [0.05, 0.1) is 12.1 Å². The molecule has 2 heterocycles. The average Bonchev–Trinajstić information content (AvgIpc) is 3.40. The van der Waals surface area contributed by atoms with Gasteiger partial charge in [-0.25, -0.2) is 4.79 Å². The molecule has 1 aromatic heterocycles. The van der Waals surface area contributed by atoms with Crippen LogP contribution in [0.4, 0.5) is 10.5 Å². The Morgan fingerprint density at radius 1 is 0.971 bits per heavy atom. The zero-order valence-electron chi connectivity index (χ0n) is 19.0. The molecular weight excluding hydrogens is 442 g/mol. The number of urea groups is 1. The number of anilines is 1. The number of nitrogens with one attached hydrogen (secondary N) is 3. The lowest BCUT2D eigenvalue weighted by atomic mass is 9.92. The Hall–Kier alpha value is -4.72. The van der Waals surface area contributed by atoms with Gasteiger partial charge in [0.25, 0.3) is 11.8 Å². The van der Waals surface area contributed by atoms with Crippen molar-refractivity contribution in [2.45, 2.75) is 19.0 Å². The predicted octanol–water partition coefficient (Wildman–Crippen LogP) is 3.91. The molecule has 35 heavy (non-hydrogen) atoms. The molecule has 0 saturated carbocycles. The van der Waals surface area contributed by atoms with Crippen molar-refractivity contribution in [1.82, 2.24) is 20.4 Å². The lowest BCUT2D eigenvalue weighted by molar-refractivity contribution is -0.123. The molecule has 8 heteroatoms. The van der Waals surface area contributed by atoms with Crippen molar-refractivity contribution in [3.8, 4) is 11.3 Å².